The zero-order valence-corrected chi connectivity index (χ0v) is 9.72. The average molecular weight is 268 g/mol. The van der Waals surface area contributed by atoms with Crippen LogP contribution in [0.25, 0.3) is 0 Å². The Hall–Kier alpha value is -0.360. The first-order valence-electron chi connectivity index (χ1n) is 3.73. The summed E-state index contributed by atoms with van der Waals surface area (Å²) in [6.07, 6.45) is 1.37. The topological polar surface area (TPSA) is 60.2 Å². The summed E-state index contributed by atoms with van der Waals surface area (Å²) in [7, 11) is -3.12. The minimum atomic E-state index is -3.12. The molecule has 6 heteroatoms. The normalized spacial score (nSPS) is 12.3. The summed E-state index contributed by atoms with van der Waals surface area (Å²) >= 11 is 3.08. The highest BCUT2D eigenvalue weighted by atomic mass is 79.9. The Morgan fingerprint density at radius 1 is 1.62 bits per heavy atom. The molecule has 0 saturated carbocycles. The molecule has 0 bridgehead atoms. The Labute approximate surface area is 85.4 Å². The van der Waals surface area contributed by atoms with Crippen LogP contribution in [0.15, 0.2) is 15.3 Å². The number of oxazole rings is 1. The van der Waals surface area contributed by atoms with Crippen LogP contribution in [0.5, 0.6) is 0 Å². The number of sulfone groups is 1. The summed E-state index contributed by atoms with van der Waals surface area (Å²) in [5, 5.41) is -0.404. The van der Waals surface area contributed by atoms with Gasteiger partial charge in [-0.15, -0.1) is 0 Å². The van der Waals surface area contributed by atoms with Crippen molar-refractivity contribution in [1.29, 1.82) is 0 Å². The Bertz CT molecular complexity index is 382. The highest BCUT2D eigenvalue weighted by molar-refractivity contribution is 9.10. The predicted molar refractivity (Wildman–Crippen MR) is 52.0 cm³/mol. The Morgan fingerprint density at radius 2 is 2.23 bits per heavy atom. The quantitative estimate of drug-likeness (QED) is 0.838. The minimum absolute atomic E-state index is 0.143. The highest BCUT2D eigenvalue weighted by Crippen LogP contribution is 2.13. The van der Waals surface area contributed by atoms with Gasteiger partial charge in [0.2, 0.25) is 5.89 Å². The van der Waals surface area contributed by atoms with Gasteiger partial charge in [0.15, 0.2) is 9.84 Å². The fraction of sp³-hybridized carbons (Fsp3) is 0.571. The lowest BCUT2D eigenvalue weighted by Gasteiger charge is -2.03. The monoisotopic (exact) mass is 267 g/mol. The molecule has 0 fully saturated rings. The van der Waals surface area contributed by atoms with E-state index < -0.39 is 15.1 Å². The van der Waals surface area contributed by atoms with Crippen molar-refractivity contribution in [2.24, 2.45) is 0 Å². The summed E-state index contributed by atoms with van der Waals surface area (Å²) in [5.74, 6) is 0.0802. The lowest BCUT2D eigenvalue weighted by Crippen LogP contribution is -2.16. The molecule has 4 nitrogen and oxygen atoms in total. The molecule has 0 aliphatic rings. The summed E-state index contributed by atoms with van der Waals surface area (Å²) in [5.41, 5.74) is 0. The van der Waals surface area contributed by atoms with Gasteiger partial charge in [0.05, 0.1) is 5.25 Å². The fourth-order valence-corrected chi connectivity index (χ4v) is 1.79. The van der Waals surface area contributed by atoms with E-state index in [1.807, 2.05) is 0 Å². The van der Waals surface area contributed by atoms with Gasteiger partial charge in [0, 0.05) is 0 Å². The van der Waals surface area contributed by atoms with Crippen molar-refractivity contribution in [1.82, 2.24) is 4.98 Å². The van der Waals surface area contributed by atoms with Crippen molar-refractivity contribution >= 4 is 25.8 Å². The van der Waals surface area contributed by atoms with E-state index in [-0.39, 0.29) is 11.6 Å². The van der Waals surface area contributed by atoms with Crippen molar-refractivity contribution in [3.8, 4) is 0 Å². The largest absolute Gasteiger partial charge is 0.447 e. The smallest absolute Gasteiger partial charge is 0.210 e. The highest BCUT2D eigenvalue weighted by Gasteiger charge is 2.19. The maximum absolute atomic E-state index is 11.4. The summed E-state index contributed by atoms with van der Waals surface area (Å²) in [4.78, 5) is 3.85. The van der Waals surface area contributed by atoms with Crippen LogP contribution >= 0.6 is 15.9 Å². The van der Waals surface area contributed by atoms with Crippen molar-refractivity contribution in [2.75, 3.05) is 0 Å². The molecule has 0 radical (unpaired) electrons. The Morgan fingerprint density at radius 3 is 2.62 bits per heavy atom. The first-order valence-corrected chi connectivity index (χ1v) is 6.24. The molecule has 0 spiro atoms. The zero-order chi connectivity index (χ0) is 10.1. The van der Waals surface area contributed by atoms with Crippen LogP contribution < -0.4 is 0 Å². The molecule has 0 N–H and O–H groups in total. The third-order valence-corrected chi connectivity index (χ3v) is 4.02. The standard InChI is InChI=1S/C7H10BrNO3S/c1-5(2)13(10,11)4-7-9-6(8)3-12-7/h3,5H,4H2,1-2H3. The molecular formula is C7H10BrNO3S. The van der Waals surface area contributed by atoms with Crippen LogP contribution in [-0.4, -0.2) is 18.7 Å². The number of rotatable bonds is 3. The SMILES string of the molecule is CC(C)S(=O)(=O)Cc1nc(Br)co1. The van der Waals surface area contributed by atoms with Crippen LogP contribution in [0.4, 0.5) is 0 Å². The van der Waals surface area contributed by atoms with Crippen LogP contribution in [0.3, 0.4) is 0 Å². The minimum Gasteiger partial charge on any atom is -0.447 e. The second-order valence-corrected chi connectivity index (χ2v) is 6.29. The molecule has 0 amide bonds. The Balaban J connectivity index is 2.81. The molecule has 13 heavy (non-hydrogen) atoms. The fourth-order valence-electron chi connectivity index (χ4n) is 0.694. The molecule has 0 aliphatic heterocycles. The molecule has 74 valence electrons. The zero-order valence-electron chi connectivity index (χ0n) is 7.32. The molecular weight excluding hydrogens is 258 g/mol. The van der Waals surface area contributed by atoms with E-state index in [4.69, 9.17) is 4.42 Å². The average Bonchev–Trinajstić information content (AvgIpc) is 2.34. The van der Waals surface area contributed by atoms with Crippen molar-refractivity contribution in [3.05, 3.63) is 16.8 Å². The summed E-state index contributed by atoms with van der Waals surface area (Å²) < 4.78 is 28.2. The predicted octanol–water partition coefficient (Wildman–Crippen LogP) is 1.76. The number of halogens is 1. The molecule has 1 heterocycles. The van der Waals surface area contributed by atoms with E-state index in [2.05, 4.69) is 20.9 Å². The van der Waals surface area contributed by atoms with Crippen LogP contribution in [0.2, 0.25) is 0 Å². The second-order valence-electron chi connectivity index (χ2n) is 2.92. The molecule has 0 aromatic carbocycles. The van der Waals surface area contributed by atoms with E-state index in [1.165, 1.54) is 6.26 Å². The van der Waals surface area contributed by atoms with Gasteiger partial charge in [-0.3, -0.25) is 0 Å². The van der Waals surface area contributed by atoms with Crippen LogP contribution in [-0.2, 0) is 15.6 Å². The van der Waals surface area contributed by atoms with Crippen LogP contribution in [0.1, 0.15) is 19.7 Å². The molecule has 1 aromatic rings. The van der Waals surface area contributed by atoms with Gasteiger partial charge in [-0.1, -0.05) is 0 Å². The third-order valence-electron chi connectivity index (χ3n) is 1.57. The van der Waals surface area contributed by atoms with E-state index in [1.54, 1.807) is 13.8 Å². The maximum atomic E-state index is 11.4. The molecule has 0 saturated heterocycles. The van der Waals surface area contributed by atoms with Crippen molar-refractivity contribution < 1.29 is 12.8 Å². The molecule has 0 atom stereocenters. The van der Waals surface area contributed by atoms with E-state index in [0.717, 1.165) is 0 Å². The van der Waals surface area contributed by atoms with Gasteiger partial charge in [-0.2, -0.15) is 0 Å². The maximum Gasteiger partial charge on any atom is 0.210 e. The first-order chi connectivity index (χ1) is 5.92. The lowest BCUT2D eigenvalue weighted by atomic mass is 10.6. The lowest BCUT2D eigenvalue weighted by molar-refractivity contribution is 0.506. The summed E-state index contributed by atoms with van der Waals surface area (Å²) in [6.45, 7) is 3.26. The van der Waals surface area contributed by atoms with Gasteiger partial charge in [0.1, 0.15) is 16.6 Å². The third kappa shape index (κ3) is 2.80. The van der Waals surface area contributed by atoms with Gasteiger partial charge < -0.3 is 4.42 Å². The van der Waals surface area contributed by atoms with Crippen molar-refractivity contribution in [2.45, 2.75) is 24.9 Å². The molecule has 0 aliphatic carbocycles. The number of aromatic nitrogens is 1. The number of nitrogens with zero attached hydrogens (tertiary/aromatic N) is 1. The van der Waals surface area contributed by atoms with Gasteiger partial charge >= 0.3 is 0 Å². The Kier molecular flexibility index (Phi) is 3.13. The van der Waals surface area contributed by atoms with E-state index in [0.29, 0.717) is 4.60 Å². The number of hydrogen-bond donors (Lipinski definition) is 0. The molecule has 1 aromatic heterocycles. The summed E-state index contributed by atoms with van der Waals surface area (Å²) in [6, 6.07) is 0. The van der Waals surface area contributed by atoms with Gasteiger partial charge in [-0.25, -0.2) is 13.4 Å². The van der Waals surface area contributed by atoms with Crippen molar-refractivity contribution in [3.63, 3.8) is 0 Å². The van der Waals surface area contributed by atoms with E-state index in [9.17, 15) is 8.42 Å². The van der Waals surface area contributed by atoms with Gasteiger partial charge in [0.25, 0.3) is 0 Å². The van der Waals surface area contributed by atoms with Gasteiger partial charge in [-0.05, 0) is 29.8 Å². The second kappa shape index (κ2) is 3.79. The van der Waals surface area contributed by atoms with E-state index >= 15 is 0 Å². The first kappa shape index (κ1) is 10.7. The van der Waals surface area contributed by atoms with Crippen LogP contribution in [0, 0.1) is 0 Å². The molecule has 1 rings (SSSR count). The molecule has 0 unspecified atom stereocenters. The number of hydrogen-bond acceptors (Lipinski definition) is 4.